The van der Waals surface area contributed by atoms with E-state index in [2.05, 4.69) is 20.6 Å². The minimum absolute atomic E-state index is 0.0801. The molecule has 7 nitrogen and oxygen atoms in total. The first kappa shape index (κ1) is 17.7. The van der Waals surface area contributed by atoms with Gasteiger partial charge in [0.2, 0.25) is 11.9 Å². The van der Waals surface area contributed by atoms with Crippen LogP contribution >= 0.6 is 0 Å². The number of fused-ring (bicyclic) bond motifs is 1. The Morgan fingerprint density at radius 1 is 1.11 bits per heavy atom. The third kappa shape index (κ3) is 3.42. The lowest BCUT2D eigenvalue weighted by Crippen LogP contribution is -2.06. The predicted octanol–water partition coefficient (Wildman–Crippen LogP) is 3.56. The van der Waals surface area contributed by atoms with Crippen LogP contribution < -0.4 is 16.4 Å². The molecule has 1 amide bonds. The standard InChI is InChI=1S/C21H19N5O2/c1-12(27)24-13-3-2-4-14(11-13)25-21-23-10-9-18(26-21)15-5-7-17(22)20-16(15)6-8-19(20)28/h2-5,7,9-11H,6,8,22H2,1H3,(H,24,27)(H,23,25,26). The molecule has 1 aliphatic rings. The summed E-state index contributed by atoms with van der Waals surface area (Å²) in [4.78, 5) is 32.2. The molecule has 28 heavy (non-hydrogen) atoms. The number of rotatable bonds is 4. The van der Waals surface area contributed by atoms with Crippen LogP contribution in [0.25, 0.3) is 11.3 Å². The van der Waals surface area contributed by atoms with Crippen molar-refractivity contribution in [3.8, 4) is 11.3 Å². The van der Waals surface area contributed by atoms with Gasteiger partial charge in [-0.25, -0.2) is 9.97 Å². The molecule has 140 valence electrons. The number of nitrogens with zero attached hydrogens (tertiary/aromatic N) is 2. The number of carbonyl (C=O) groups is 2. The van der Waals surface area contributed by atoms with Gasteiger partial charge in [-0.3, -0.25) is 9.59 Å². The Morgan fingerprint density at radius 2 is 1.93 bits per heavy atom. The summed E-state index contributed by atoms with van der Waals surface area (Å²) in [5.41, 5.74) is 11.1. The minimum Gasteiger partial charge on any atom is -0.398 e. The highest BCUT2D eigenvalue weighted by Gasteiger charge is 2.25. The number of amides is 1. The molecular formula is C21H19N5O2. The normalized spacial score (nSPS) is 12.5. The van der Waals surface area contributed by atoms with E-state index in [1.54, 1.807) is 24.4 Å². The van der Waals surface area contributed by atoms with Crippen molar-refractivity contribution in [1.82, 2.24) is 9.97 Å². The Balaban J connectivity index is 1.65. The van der Waals surface area contributed by atoms with Crippen LogP contribution in [0.15, 0.2) is 48.7 Å². The second-order valence-corrected chi connectivity index (χ2v) is 6.63. The molecule has 0 unspecified atom stereocenters. The number of hydrogen-bond acceptors (Lipinski definition) is 6. The molecule has 1 heterocycles. The average Bonchev–Trinajstić information content (AvgIpc) is 3.05. The Kier molecular flexibility index (Phi) is 4.49. The molecule has 1 aromatic heterocycles. The van der Waals surface area contributed by atoms with Crippen LogP contribution in [0.1, 0.15) is 29.3 Å². The van der Waals surface area contributed by atoms with Crippen molar-refractivity contribution in [1.29, 1.82) is 0 Å². The fraction of sp³-hybridized carbons (Fsp3) is 0.143. The van der Waals surface area contributed by atoms with Gasteiger partial charge in [-0.15, -0.1) is 0 Å². The van der Waals surface area contributed by atoms with Crippen LogP contribution in [-0.4, -0.2) is 21.7 Å². The highest BCUT2D eigenvalue weighted by Crippen LogP contribution is 2.35. The molecule has 7 heteroatoms. The first-order valence-corrected chi connectivity index (χ1v) is 8.94. The zero-order chi connectivity index (χ0) is 19.7. The molecule has 0 fully saturated rings. The average molecular weight is 373 g/mol. The quantitative estimate of drug-likeness (QED) is 0.603. The summed E-state index contributed by atoms with van der Waals surface area (Å²) >= 11 is 0. The summed E-state index contributed by atoms with van der Waals surface area (Å²) in [6.45, 7) is 1.46. The van der Waals surface area contributed by atoms with Crippen molar-refractivity contribution in [2.24, 2.45) is 0 Å². The fourth-order valence-corrected chi connectivity index (χ4v) is 3.43. The fourth-order valence-electron chi connectivity index (χ4n) is 3.43. The van der Waals surface area contributed by atoms with Gasteiger partial charge in [0.05, 0.1) is 5.69 Å². The van der Waals surface area contributed by atoms with E-state index in [1.165, 1.54) is 6.92 Å². The molecule has 2 aromatic carbocycles. The first-order chi connectivity index (χ1) is 13.5. The van der Waals surface area contributed by atoms with Crippen molar-refractivity contribution in [3.05, 3.63) is 59.8 Å². The zero-order valence-electron chi connectivity index (χ0n) is 15.3. The van der Waals surface area contributed by atoms with Gasteiger partial charge in [-0.2, -0.15) is 0 Å². The summed E-state index contributed by atoms with van der Waals surface area (Å²) < 4.78 is 0. The second-order valence-electron chi connectivity index (χ2n) is 6.63. The number of aromatic nitrogens is 2. The van der Waals surface area contributed by atoms with Gasteiger partial charge >= 0.3 is 0 Å². The number of nitrogen functional groups attached to an aromatic ring is 1. The van der Waals surface area contributed by atoms with Gasteiger partial charge in [0.25, 0.3) is 0 Å². The maximum absolute atomic E-state index is 12.1. The Morgan fingerprint density at radius 3 is 2.75 bits per heavy atom. The molecular weight excluding hydrogens is 354 g/mol. The summed E-state index contributed by atoms with van der Waals surface area (Å²) in [7, 11) is 0. The third-order valence-electron chi connectivity index (χ3n) is 4.60. The molecule has 0 radical (unpaired) electrons. The van der Waals surface area contributed by atoms with Crippen LogP contribution in [0.3, 0.4) is 0 Å². The van der Waals surface area contributed by atoms with Crippen LogP contribution in [0, 0.1) is 0 Å². The van der Waals surface area contributed by atoms with Gasteiger partial charge in [-0.05, 0) is 42.3 Å². The number of hydrogen-bond donors (Lipinski definition) is 3. The van der Waals surface area contributed by atoms with Crippen LogP contribution in [0.4, 0.5) is 23.0 Å². The smallest absolute Gasteiger partial charge is 0.227 e. The van der Waals surface area contributed by atoms with E-state index in [9.17, 15) is 9.59 Å². The second kappa shape index (κ2) is 7.11. The van der Waals surface area contributed by atoms with E-state index in [0.717, 1.165) is 22.5 Å². The van der Waals surface area contributed by atoms with Gasteiger partial charge in [0.1, 0.15) is 0 Å². The number of anilines is 4. The lowest BCUT2D eigenvalue weighted by molar-refractivity contribution is -0.114. The van der Waals surface area contributed by atoms with Crippen LogP contribution in [0.2, 0.25) is 0 Å². The van der Waals surface area contributed by atoms with Gasteiger partial charge in [0.15, 0.2) is 5.78 Å². The van der Waals surface area contributed by atoms with Gasteiger partial charge in [0, 0.05) is 47.7 Å². The maximum Gasteiger partial charge on any atom is 0.227 e. The number of ketones is 1. The number of nitrogens with one attached hydrogen (secondary N) is 2. The molecule has 3 aromatic rings. The van der Waals surface area contributed by atoms with Crippen molar-refractivity contribution in [2.75, 3.05) is 16.4 Å². The highest BCUT2D eigenvalue weighted by atomic mass is 16.1. The van der Waals surface area contributed by atoms with Crippen molar-refractivity contribution >= 4 is 34.7 Å². The monoisotopic (exact) mass is 373 g/mol. The molecule has 0 aliphatic heterocycles. The van der Waals surface area contributed by atoms with E-state index in [1.807, 2.05) is 24.3 Å². The Bertz CT molecular complexity index is 1090. The molecule has 0 spiro atoms. The zero-order valence-corrected chi connectivity index (χ0v) is 15.3. The maximum atomic E-state index is 12.1. The Hall–Kier alpha value is -3.74. The third-order valence-corrected chi connectivity index (χ3v) is 4.60. The minimum atomic E-state index is -0.137. The Labute approximate surface area is 162 Å². The lowest BCUT2D eigenvalue weighted by atomic mass is 9.99. The predicted molar refractivity (Wildman–Crippen MR) is 109 cm³/mol. The summed E-state index contributed by atoms with van der Waals surface area (Å²) in [5.74, 6) is 0.367. The first-order valence-electron chi connectivity index (χ1n) is 8.94. The van der Waals surface area contributed by atoms with E-state index < -0.39 is 0 Å². The number of nitrogens with two attached hydrogens (primary N) is 1. The van der Waals surface area contributed by atoms with Crippen molar-refractivity contribution in [3.63, 3.8) is 0 Å². The molecule has 0 saturated carbocycles. The largest absolute Gasteiger partial charge is 0.398 e. The van der Waals surface area contributed by atoms with Gasteiger partial charge < -0.3 is 16.4 Å². The van der Waals surface area contributed by atoms with Crippen molar-refractivity contribution < 1.29 is 9.59 Å². The molecule has 4 N–H and O–H groups in total. The SMILES string of the molecule is CC(=O)Nc1cccc(Nc2nccc(-c3ccc(N)c4c3CCC4=O)n2)c1. The van der Waals surface area contributed by atoms with E-state index in [-0.39, 0.29) is 11.7 Å². The summed E-state index contributed by atoms with van der Waals surface area (Å²) in [6, 6.07) is 12.8. The van der Waals surface area contributed by atoms with Crippen LogP contribution in [0.5, 0.6) is 0 Å². The van der Waals surface area contributed by atoms with E-state index >= 15 is 0 Å². The highest BCUT2D eigenvalue weighted by molar-refractivity contribution is 6.06. The van der Waals surface area contributed by atoms with E-state index in [0.29, 0.717) is 35.7 Å². The molecule has 4 rings (SSSR count). The van der Waals surface area contributed by atoms with Crippen molar-refractivity contribution in [2.45, 2.75) is 19.8 Å². The number of carbonyl (C=O) groups excluding carboxylic acids is 2. The number of benzene rings is 2. The van der Waals surface area contributed by atoms with Crippen LogP contribution in [-0.2, 0) is 11.2 Å². The number of Topliss-reactive ketones (excluding diaryl/α,β-unsaturated/α-hetero) is 1. The summed E-state index contributed by atoms with van der Waals surface area (Å²) in [6.07, 6.45) is 2.81. The summed E-state index contributed by atoms with van der Waals surface area (Å²) in [5, 5.41) is 5.89. The van der Waals surface area contributed by atoms with Gasteiger partial charge in [-0.1, -0.05) is 12.1 Å². The molecule has 0 saturated heterocycles. The molecule has 0 bridgehead atoms. The topological polar surface area (TPSA) is 110 Å². The lowest BCUT2D eigenvalue weighted by Gasteiger charge is -2.11. The molecule has 0 atom stereocenters. The van der Waals surface area contributed by atoms with E-state index in [4.69, 9.17) is 5.73 Å². The molecule has 1 aliphatic carbocycles.